The van der Waals surface area contributed by atoms with E-state index in [0.717, 1.165) is 5.56 Å². The highest BCUT2D eigenvalue weighted by atomic mass is 35.5. The van der Waals surface area contributed by atoms with E-state index in [9.17, 15) is 4.39 Å². The second-order valence-corrected chi connectivity index (χ2v) is 3.59. The van der Waals surface area contributed by atoms with Gasteiger partial charge in [-0.3, -0.25) is 0 Å². The third kappa shape index (κ3) is 3.25. The molecular weight excluding hydrogens is 233 g/mol. The van der Waals surface area contributed by atoms with Crippen LogP contribution in [0.2, 0.25) is 5.02 Å². The molecule has 0 unspecified atom stereocenters. The van der Waals surface area contributed by atoms with Crippen LogP contribution in [0.15, 0.2) is 12.1 Å². The molecule has 3 nitrogen and oxygen atoms in total. The van der Waals surface area contributed by atoms with Gasteiger partial charge in [0.2, 0.25) is 0 Å². The standard InChI is InChI=1S/C11H15ClFNO2/c1-15-10-7-8(2-4-14)6-9(12)11(10)16-5-3-13/h6-7H,2-5,14H2,1H3. The Labute approximate surface area is 99.3 Å². The van der Waals surface area contributed by atoms with Crippen molar-refractivity contribution >= 4 is 11.6 Å². The number of rotatable bonds is 6. The quantitative estimate of drug-likeness (QED) is 0.838. The highest BCUT2D eigenvalue weighted by molar-refractivity contribution is 6.32. The number of nitrogens with two attached hydrogens (primary N) is 1. The van der Waals surface area contributed by atoms with Gasteiger partial charge in [0.1, 0.15) is 13.3 Å². The molecule has 1 rings (SSSR count). The van der Waals surface area contributed by atoms with Gasteiger partial charge in [0, 0.05) is 0 Å². The molecule has 2 N–H and O–H groups in total. The van der Waals surface area contributed by atoms with Gasteiger partial charge < -0.3 is 15.2 Å². The van der Waals surface area contributed by atoms with E-state index in [1.54, 1.807) is 12.1 Å². The molecule has 0 heterocycles. The Hall–Kier alpha value is -1.00. The summed E-state index contributed by atoms with van der Waals surface area (Å²) in [5, 5.41) is 0.413. The van der Waals surface area contributed by atoms with Crippen LogP contribution in [-0.4, -0.2) is 26.9 Å². The van der Waals surface area contributed by atoms with Crippen LogP contribution in [0.4, 0.5) is 4.39 Å². The van der Waals surface area contributed by atoms with Crippen molar-refractivity contribution in [1.82, 2.24) is 0 Å². The minimum atomic E-state index is -0.565. The summed E-state index contributed by atoms with van der Waals surface area (Å²) in [5.41, 5.74) is 6.43. The third-order valence-corrected chi connectivity index (χ3v) is 2.33. The maximum absolute atomic E-state index is 12.0. The summed E-state index contributed by atoms with van der Waals surface area (Å²) in [4.78, 5) is 0. The topological polar surface area (TPSA) is 44.5 Å². The second-order valence-electron chi connectivity index (χ2n) is 3.19. The van der Waals surface area contributed by atoms with E-state index in [-0.39, 0.29) is 6.61 Å². The van der Waals surface area contributed by atoms with Crippen LogP contribution in [0.1, 0.15) is 5.56 Å². The molecule has 0 aromatic heterocycles. The maximum Gasteiger partial charge on any atom is 0.179 e. The molecule has 0 fully saturated rings. The van der Waals surface area contributed by atoms with Gasteiger partial charge in [-0.25, -0.2) is 4.39 Å². The highest BCUT2D eigenvalue weighted by Gasteiger charge is 2.11. The fourth-order valence-electron chi connectivity index (χ4n) is 1.36. The molecule has 90 valence electrons. The summed E-state index contributed by atoms with van der Waals surface area (Å²) in [7, 11) is 1.51. The molecule has 0 radical (unpaired) electrons. The normalized spacial score (nSPS) is 10.2. The second kappa shape index (κ2) is 6.55. The molecule has 0 saturated heterocycles. The van der Waals surface area contributed by atoms with E-state index < -0.39 is 6.67 Å². The monoisotopic (exact) mass is 247 g/mol. The van der Waals surface area contributed by atoms with Crippen LogP contribution >= 0.6 is 11.6 Å². The van der Waals surface area contributed by atoms with Crippen molar-refractivity contribution in [3.63, 3.8) is 0 Å². The molecule has 0 spiro atoms. The van der Waals surface area contributed by atoms with E-state index >= 15 is 0 Å². The minimum Gasteiger partial charge on any atom is -0.493 e. The number of benzene rings is 1. The van der Waals surface area contributed by atoms with E-state index in [0.29, 0.717) is 29.5 Å². The third-order valence-electron chi connectivity index (χ3n) is 2.05. The van der Waals surface area contributed by atoms with E-state index in [4.69, 9.17) is 26.8 Å². The first-order valence-electron chi connectivity index (χ1n) is 4.98. The number of hydrogen-bond donors (Lipinski definition) is 1. The molecule has 0 amide bonds. The molecule has 0 aliphatic heterocycles. The van der Waals surface area contributed by atoms with Crippen LogP contribution in [0.5, 0.6) is 11.5 Å². The first-order chi connectivity index (χ1) is 7.72. The lowest BCUT2D eigenvalue weighted by Crippen LogP contribution is -2.05. The van der Waals surface area contributed by atoms with Gasteiger partial charge in [0.25, 0.3) is 0 Å². The van der Waals surface area contributed by atoms with Crippen LogP contribution in [-0.2, 0) is 6.42 Å². The average Bonchev–Trinajstić information content (AvgIpc) is 2.27. The molecule has 0 atom stereocenters. The van der Waals surface area contributed by atoms with Gasteiger partial charge in [0.05, 0.1) is 12.1 Å². The zero-order chi connectivity index (χ0) is 12.0. The summed E-state index contributed by atoms with van der Waals surface area (Å²) in [6, 6.07) is 3.55. The minimum absolute atomic E-state index is 0.0354. The van der Waals surface area contributed by atoms with Crippen molar-refractivity contribution in [3.8, 4) is 11.5 Å². The predicted molar refractivity (Wildman–Crippen MR) is 62.2 cm³/mol. The van der Waals surface area contributed by atoms with Gasteiger partial charge in [0.15, 0.2) is 11.5 Å². The summed E-state index contributed by atoms with van der Waals surface area (Å²) < 4.78 is 22.3. The zero-order valence-corrected chi connectivity index (χ0v) is 9.89. The Bertz CT molecular complexity index is 347. The van der Waals surface area contributed by atoms with Crippen molar-refractivity contribution < 1.29 is 13.9 Å². The summed E-state index contributed by atoms with van der Waals surface area (Å²) in [6.45, 7) is -0.0689. The molecular formula is C11H15ClFNO2. The number of hydrogen-bond acceptors (Lipinski definition) is 3. The first kappa shape index (κ1) is 13.1. The van der Waals surface area contributed by atoms with Crippen LogP contribution in [0.25, 0.3) is 0 Å². The van der Waals surface area contributed by atoms with E-state index in [1.165, 1.54) is 7.11 Å². The SMILES string of the molecule is COc1cc(CCN)cc(Cl)c1OCCF. The van der Waals surface area contributed by atoms with Gasteiger partial charge in [-0.15, -0.1) is 0 Å². The fourth-order valence-corrected chi connectivity index (χ4v) is 1.65. The van der Waals surface area contributed by atoms with Crippen LogP contribution < -0.4 is 15.2 Å². The Morgan fingerprint density at radius 1 is 1.44 bits per heavy atom. The van der Waals surface area contributed by atoms with Gasteiger partial charge >= 0.3 is 0 Å². The molecule has 0 aliphatic rings. The molecule has 1 aromatic rings. The van der Waals surface area contributed by atoms with E-state index in [1.807, 2.05) is 0 Å². The lowest BCUT2D eigenvalue weighted by molar-refractivity contribution is 0.260. The molecule has 5 heteroatoms. The molecule has 0 bridgehead atoms. The number of halogens is 2. The van der Waals surface area contributed by atoms with Crippen molar-refractivity contribution in [2.24, 2.45) is 5.73 Å². The Balaban J connectivity index is 2.97. The summed E-state index contributed by atoms with van der Waals surface area (Å²) in [6.07, 6.45) is 0.708. The maximum atomic E-state index is 12.0. The Kier molecular flexibility index (Phi) is 5.35. The smallest absolute Gasteiger partial charge is 0.179 e. The Morgan fingerprint density at radius 2 is 2.19 bits per heavy atom. The first-order valence-corrected chi connectivity index (χ1v) is 5.36. The number of ether oxygens (including phenoxy) is 2. The zero-order valence-electron chi connectivity index (χ0n) is 9.13. The molecule has 0 saturated carbocycles. The predicted octanol–water partition coefficient (Wildman–Crippen LogP) is 2.20. The van der Waals surface area contributed by atoms with Crippen molar-refractivity contribution in [2.75, 3.05) is 26.9 Å². The number of alkyl halides is 1. The molecule has 16 heavy (non-hydrogen) atoms. The van der Waals surface area contributed by atoms with Crippen molar-refractivity contribution in [1.29, 1.82) is 0 Å². The van der Waals surface area contributed by atoms with Crippen LogP contribution in [0.3, 0.4) is 0 Å². The molecule has 1 aromatic carbocycles. The summed E-state index contributed by atoms with van der Waals surface area (Å²) in [5.74, 6) is 0.881. The van der Waals surface area contributed by atoms with Gasteiger partial charge in [-0.1, -0.05) is 11.6 Å². The van der Waals surface area contributed by atoms with Crippen LogP contribution in [0, 0.1) is 0 Å². The Morgan fingerprint density at radius 3 is 2.75 bits per heavy atom. The van der Waals surface area contributed by atoms with Gasteiger partial charge in [-0.05, 0) is 30.7 Å². The molecule has 0 aliphatic carbocycles. The van der Waals surface area contributed by atoms with Crippen molar-refractivity contribution in [3.05, 3.63) is 22.7 Å². The lowest BCUT2D eigenvalue weighted by Gasteiger charge is -2.13. The highest BCUT2D eigenvalue weighted by Crippen LogP contribution is 2.36. The number of methoxy groups -OCH3 is 1. The van der Waals surface area contributed by atoms with Gasteiger partial charge in [-0.2, -0.15) is 0 Å². The largest absolute Gasteiger partial charge is 0.493 e. The fraction of sp³-hybridized carbons (Fsp3) is 0.455. The van der Waals surface area contributed by atoms with Crippen molar-refractivity contribution in [2.45, 2.75) is 6.42 Å². The average molecular weight is 248 g/mol. The summed E-state index contributed by atoms with van der Waals surface area (Å²) >= 11 is 6.02. The lowest BCUT2D eigenvalue weighted by atomic mass is 10.1. The van der Waals surface area contributed by atoms with E-state index in [2.05, 4.69) is 0 Å².